The molecule has 102 valence electrons. The van der Waals surface area contributed by atoms with Crippen molar-refractivity contribution >= 4 is 43.2 Å². The molecule has 0 aliphatic rings. The van der Waals surface area contributed by atoms with Crippen molar-refractivity contribution in [3.05, 3.63) is 55.7 Å². The molecule has 0 aliphatic heterocycles. The molecule has 0 fully saturated rings. The molecule has 0 saturated carbocycles. The molecule has 1 unspecified atom stereocenters. The molecule has 0 nitrogen and oxygen atoms in total. The lowest BCUT2D eigenvalue weighted by Crippen LogP contribution is -2.06. The van der Waals surface area contributed by atoms with Gasteiger partial charge in [-0.15, -0.1) is 11.3 Å². The molecule has 0 amide bonds. The van der Waals surface area contributed by atoms with E-state index >= 15 is 0 Å². The quantitative estimate of drug-likeness (QED) is 0.505. The monoisotopic (exact) mass is 412 g/mol. The summed E-state index contributed by atoms with van der Waals surface area (Å²) in [5.74, 6) is 0. The number of aryl methyl sites for hydroxylation is 1. The van der Waals surface area contributed by atoms with Gasteiger partial charge >= 0.3 is 6.18 Å². The zero-order valence-corrected chi connectivity index (χ0v) is 13.8. The zero-order valence-electron chi connectivity index (χ0n) is 9.76. The van der Waals surface area contributed by atoms with Crippen LogP contribution in [0.2, 0.25) is 0 Å². The number of halogens is 5. The first-order valence-electron chi connectivity index (χ1n) is 5.36. The average Bonchev–Trinajstić information content (AvgIpc) is 2.74. The second-order valence-electron chi connectivity index (χ2n) is 4.05. The lowest BCUT2D eigenvalue weighted by Gasteiger charge is -2.14. The zero-order chi connectivity index (χ0) is 14.2. The third-order valence-corrected chi connectivity index (χ3v) is 5.68. The number of hydrogen-bond donors (Lipinski definition) is 0. The number of benzene rings is 1. The van der Waals surface area contributed by atoms with E-state index in [1.54, 1.807) is 11.3 Å². The van der Waals surface area contributed by atoms with Crippen molar-refractivity contribution in [3.63, 3.8) is 0 Å². The summed E-state index contributed by atoms with van der Waals surface area (Å²) in [7, 11) is 0. The Morgan fingerprint density at radius 2 is 1.84 bits per heavy atom. The first-order valence-corrected chi connectivity index (χ1v) is 7.88. The van der Waals surface area contributed by atoms with Crippen molar-refractivity contribution in [2.45, 2.75) is 17.9 Å². The molecule has 1 aromatic carbocycles. The number of thiophene rings is 1. The number of rotatable bonds is 2. The van der Waals surface area contributed by atoms with Gasteiger partial charge in [0.25, 0.3) is 0 Å². The van der Waals surface area contributed by atoms with E-state index in [2.05, 4.69) is 31.9 Å². The topological polar surface area (TPSA) is 0 Å². The predicted octanol–water partition coefficient (Wildman–Crippen LogP) is 6.32. The Labute approximate surface area is 129 Å². The van der Waals surface area contributed by atoms with E-state index in [1.165, 1.54) is 12.1 Å². The predicted molar refractivity (Wildman–Crippen MR) is 79.0 cm³/mol. The summed E-state index contributed by atoms with van der Waals surface area (Å²) in [5, 5.41) is 0. The Balaban J connectivity index is 2.44. The van der Waals surface area contributed by atoms with Gasteiger partial charge in [-0.25, -0.2) is 0 Å². The largest absolute Gasteiger partial charge is 0.416 e. The van der Waals surface area contributed by atoms with E-state index in [0.29, 0.717) is 10.0 Å². The first-order chi connectivity index (χ1) is 8.79. The molecule has 0 aliphatic carbocycles. The van der Waals surface area contributed by atoms with Crippen LogP contribution < -0.4 is 0 Å². The van der Waals surface area contributed by atoms with Gasteiger partial charge < -0.3 is 0 Å². The molecular formula is C13H9Br2F3S. The molecule has 2 aromatic rings. The van der Waals surface area contributed by atoms with Crippen molar-refractivity contribution < 1.29 is 13.2 Å². The Morgan fingerprint density at radius 3 is 2.37 bits per heavy atom. The van der Waals surface area contributed by atoms with Crippen LogP contribution in [0.25, 0.3) is 0 Å². The van der Waals surface area contributed by atoms with Gasteiger partial charge in [0.15, 0.2) is 0 Å². The second-order valence-corrected chi connectivity index (χ2v) is 7.13. The van der Waals surface area contributed by atoms with Crippen molar-refractivity contribution in [2.24, 2.45) is 0 Å². The maximum absolute atomic E-state index is 12.7. The molecule has 1 aromatic heterocycles. The Morgan fingerprint density at radius 1 is 1.16 bits per heavy atom. The number of hydrogen-bond acceptors (Lipinski definition) is 1. The molecule has 19 heavy (non-hydrogen) atoms. The van der Waals surface area contributed by atoms with Crippen LogP contribution in [0.1, 0.15) is 25.7 Å². The highest BCUT2D eigenvalue weighted by atomic mass is 79.9. The Bertz CT molecular complexity index is 590. The highest BCUT2D eigenvalue weighted by Crippen LogP contribution is 2.41. The van der Waals surface area contributed by atoms with E-state index in [0.717, 1.165) is 15.8 Å². The van der Waals surface area contributed by atoms with Crippen LogP contribution in [0.4, 0.5) is 13.2 Å². The molecule has 1 atom stereocenters. The van der Waals surface area contributed by atoms with Crippen molar-refractivity contribution in [1.29, 1.82) is 0 Å². The molecule has 1 heterocycles. The molecule has 2 rings (SSSR count). The maximum atomic E-state index is 12.7. The summed E-state index contributed by atoms with van der Waals surface area (Å²) < 4.78 is 38.9. The van der Waals surface area contributed by atoms with Gasteiger partial charge in [0, 0.05) is 14.2 Å². The van der Waals surface area contributed by atoms with Crippen LogP contribution in [-0.2, 0) is 6.18 Å². The fourth-order valence-corrected chi connectivity index (χ4v) is 4.13. The van der Waals surface area contributed by atoms with E-state index in [-0.39, 0.29) is 4.83 Å². The molecular weight excluding hydrogens is 405 g/mol. The fraction of sp³-hybridized carbons (Fsp3) is 0.231. The van der Waals surface area contributed by atoms with E-state index in [9.17, 15) is 13.2 Å². The molecule has 6 heteroatoms. The first kappa shape index (κ1) is 15.1. The van der Waals surface area contributed by atoms with Gasteiger partial charge in [0.1, 0.15) is 0 Å². The summed E-state index contributed by atoms with van der Waals surface area (Å²) in [6, 6.07) is 7.57. The second kappa shape index (κ2) is 5.58. The molecule has 0 saturated heterocycles. The lowest BCUT2D eigenvalue weighted by molar-refractivity contribution is -0.137. The van der Waals surface area contributed by atoms with E-state index in [1.807, 2.05) is 19.1 Å². The minimum atomic E-state index is -4.33. The van der Waals surface area contributed by atoms with Crippen LogP contribution >= 0.6 is 43.2 Å². The maximum Gasteiger partial charge on any atom is 0.416 e. The van der Waals surface area contributed by atoms with Crippen LogP contribution in [-0.4, -0.2) is 0 Å². The van der Waals surface area contributed by atoms with Gasteiger partial charge in [-0.3, -0.25) is 0 Å². The van der Waals surface area contributed by atoms with Crippen molar-refractivity contribution in [1.82, 2.24) is 0 Å². The van der Waals surface area contributed by atoms with Crippen molar-refractivity contribution in [2.75, 3.05) is 0 Å². The standard InChI is InChI=1S/C13H9Br2F3S/c1-7-2-5-11(19-7)12(15)9-6-8(13(16,17)18)3-4-10(9)14/h2-6,12H,1H3. The minimum absolute atomic E-state index is 0.247. The van der Waals surface area contributed by atoms with Crippen LogP contribution in [0, 0.1) is 6.92 Å². The minimum Gasteiger partial charge on any atom is -0.166 e. The smallest absolute Gasteiger partial charge is 0.166 e. The van der Waals surface area contributed by atoms with Crippen LogP contribution in [0.15, 0.2) is 34.8 Å². The third-order valence-electron chi connectivity index (χ3n) is 2.61. The highest BCUT2D eigenvalue weighted by molar-refractivity contribution is 9.11. The third kappa shape index (κ3) is 3.41. The van der Waals surface area contributed by atoms with Gasteiger partial charge in [-0.05, 0) is 42.8 Å². The van der Waals surface area contributed by atoms with Gasteiger partial charge in [0.05, 0.1) is 10.4 Å². The summed E-state index contributed by atoms with van der Waals surface area (Å²) in [6.45, 7) is 1.97. The fourth-order valence-electron chi connectivity index (χ4n) is 1.66. The SMILES string of the molecule is Cc1ccc(C(Br)c2cc(C(F)(F)F)ccc2Br)s1. The average molecular weight is 414 g/mol. The summed E-state index contributed by atoms with van der Waals surface area (Å²) in [4.78, 5) is 1.86. The molecule has 0 N–H and O–H groups in total. The van der Waals surface area contributed by atoms with Crippen LogP contribution in [0.3, 0.4) is 0 Å². The van der Waals surface area contributed by atoms with E-state index in [4.69, 9.17) is 0 Å². The van der Waals surface area contributed by atoms with E-state index < -0.39 is 11.7 Å². The highest BCUT2D eigenvalue weighted by Gasteiger charge is 2.31. The van der Waals surface area contributed by atoms with Gasteiger partial charge in [-0.1, -0.05) is 31.9 Å². The summed E-state index contributed by atoms with van der Waals surface area (Å²) >= 11 is 8.35. The Hall–Kier alpha value is -0.330. The number of alkyl halides is 4. The van der Waals surface area contributed by atoms with Crippen LogP contribution in [0.5, 0.6) is 0 Å². The normalized spacial score (nSPS) is 13.6. The van der Waals surface area contributed by atoms with Crippen molar-refractivity contribution in [3.8, 4) is 0 Å². The van der Waals surface area contributed by atoms with Gasteiger partial charge in [-0.2, -0.15) is 13.2 Å². The van der Waals surface area contributed by atoms with Gasteiger partial charge in [0.2, 0.25) is 0 Å². The summed E-state index contributed by atoms with van der Waals surface area (Å²) in [6.07, 6.45) is -4.33. The lowest BCUT2D eigenvalue weighted by atomic mass is 10.1. The molecule has 0 radical (unpaired) electrons. The molecule has 0 spiro atoms. The molecule has 0 bridgehead atoms. The summed E-state index contributed by atoms with van der Waals surface area (Å²) in [5.41, 5.74) is -0.0555. The Kier molecular flexibility index (Phi) is 4.42.